The second kappa shape index (κ2) is 10.7. The van der Waals surface area contributed by atoms with Crippen LogP contribution in [0.4, 0.5) is 0 Å². The van der Waals surface area contributed by atoms with Crippen molar-refractivity contribution in [2.75, 3.05) is 39.6 Å². The Bertz CT molecular complexity index is 926. The van der Waals surface area contributed by atoms with E-state index in [-0.39, 0.29) is 31.7 Å². The van der Waals surface area contributed by atoms with Gasteiger partial charge < -0.3 is 28.4 Å². The van der Waals surface area contributed by atoms with Gasteiger partial charge in [0.05, 0.1) is 19.8 Å². The van der Waals surface area contributed by atoms with E-state index in [1.807, 2.05) is 36.4 Å². The molecule has 3 aromatic carbocycles. The van der Waals surface area contributed by atoms with Gasteiger partial charge >= 0.3 is 0 Å². The molecule has 0 amide bonds. The Morgan fingerprint density at radius 2 is 0.771 bits per heavy atom. The molecular weight excluding hydrogens is 444 g/mol. The second-order valence-corrected chi connectivity index (χ2v) is 8.94. The van der Waals surface area contributed by atoms with Gasteiger partial charge in [0.1, 0.15) is 55.4 Å². The summed E-state index contributed by atoms with van der Waals surface area (Å²) < 4.78 is 33.2. The molecule has 0 N–H and O–H groups in total. The predicted molar refractivity (Wildman–Crippen MR) is 133 cm³/mol. The van der Waals surface area contributed by atoms with E-state index in [0.29, 0.717) is 19.8 Å². The zero-order chi connectivity index (χ0) is 22.7. The van der Waals surface area contributed by atoms with Crippen molar-refractivity contribution in [3.8, 4) is 17.2 Å². The molecule has 0 aliphatic carbocycles. The molecule has 3 aliphatic rings. The molecule has 0 bridgehead atoms. The lowest BCUT2D eigenvalue weighted by atomic mass is 9.85. The summed E-state index contributed by atoms with van der Waals surface area (Å²) in [7, 11) is 0. The molecule has 184 valence electrons. The van der Waals surface area contributed by atoms with E-state index in [1.54, 1.807) is 0 Å². The molecule has 3 fully saturated rings. The van der Waals surface area contributed by atoms with Crippen LogP contribution in [0.3, 0.4) is 0 Å². The number of ether oxygens (including phenoxy) is 6. The second-order valence-electron chi connectivity index (χ2n) is 8.94. The molecular formula is C29H32O6. The topological polar surface area (TPSA) is 65.3 Å². The van der Waals surface area contributed by atoms with Gasteiger partial charge in [-0.25, -0.2) is 0 Å². The molecule has 6 rings (SSSR count). The van der Waals surface area contributed by atoms with Crippen molar-refractivity contribution in [1.82, 2.24) is 0 Å². The minimum absolute atomic E-state index is 0. The third-order valence-electron chi connectivity index (χ3n) is 6.16. The van der Waals surface area contributed by atoms with E-state index in [0.717, 1.165) is 37.1 Å². The molecule has 3 aromatic rings. The summed E-state index contributed by atoms with van der Waals surface area (Å²) in [4.78, 5) is 0. The Labute approximate surface area is 206 Å². The fourth-order valence-corrected chi connectivity index (χ4v) is 3.91. The Kier molecular flexibility index (Phi) is 7.23. The summed E-state index contributed by atoms with van der Waals surface area (Å²) in [5.41, 5.74) is 3.57. The van der Waals surface area contributed by atoms with Crippen LogP contribution in [0.25, 0.3) is 0 Å². The maximum Gasteiger partial charge on any atom is 0.119 e. The molecule has 35 heavy (non-hydrogen) atoms. The predicted octanol–water partition coefficient (Wildman–Crippen LogP) is 4.84. The molecule has 0 aromatic heterocycles. The van der Waals surface area contributed by atoms with Crippen molar-refractivity contribution in [3.05, 3.63) is 89.5 Å². The monoisotopic (exact) mass is 476 g/mol. The van der Waals surface area contributed by atoms with Gasteiger partial charge in [-0.1, -0.05) is 43.8 Å². The van der Waals surface area contributed by atoms with Gasteiger partial charge in [0.2, 0.25) is 0 Å². The molecule has 3 aliphatic heterocycles. The van der Waals surface area contributed by atoms with E-state index in [1.165, 1.54) is 16.7 Å². The van der Waals surface area contributed by atoms with Crippen LogP contribution in [0, 0.1) is 0 Å². The van der Waals surface area contributed by atoms with Crippen molar-refractivity contribution < 1.29 is 28.4 Å². The highest BCUT2D eigenvalue weighted by Crippen LogP contribution is 2.35. The van der Waals surface area contributed by atoms with Gasteiger partial charge in [-0.05, 0) is 53.1 Å². The molecule has 3 unspecified atom stereocenters. The van der Waals surface area contributed by atoms with Crippen LogP contribution in [0.1, 0.15) is 30.0 Å². The van der Waals surface area contributed by atoms with Crippen LogP contribution in [-0.4, -0.2) is 58.0 Å². The molecule has 0 radical (unpaired) electrons. The van der Waals surface area contributed by atoms with Crippen molar-refractivity contribution in [2.45, 2.75) is 31.7 Å². The molecule has 3 heterocycles. The zero-order valence-electron chi connectivity index (χ0n) is 18.9. The van der Waals surface area contributed by atoms with Crippen LogP contribution in [-0.2, 0) is 14.2 Å². The van der Waals surface area contributed by atoms with E-state index in [4.69, 9.17) is 28.4 Å². The fraction of sp³-hybridized carbons (Fsp3) is 0.379. The maximum atomic E-state index is 5.83. The van der Waals surface area contributed by atoms with Crippen LogP contribution in [0.5, 0.6) is 17.2 Å². The average Bonchev–Trinajstić information content (AvgIpc) is 3.73. The van der Waals surface area contributed by atoms with Gasteiger partial charge in [-0.15, -0.1) is 0 Å². The van der Waals surface area contributed by atoms with Crippen LogP contribution in [0.15, 0.2) is 72.8 Å². The van der Waals surface area contributed by atoms with Crippen molar-refractivity contribution >= 4 is 0 Å². The van der Waals surface area contributed by atoms with E-state index in [9.17, 15) is 0 Å². The Balaban J connectivity index is 0.00000253. The smallest absolute Gasteiger partial charge is 0.119 e. The Morgan fingerprint density at radius 3 is 1.00 bits per heavy atom. The summed E-state index contributed by atoms with van der Waals surface area (Å²) >= 11 is 0. The third-order valence-corrected chi connectivity index (χ3v) is 6.16. The van der Waals surface area contributed by atoms with Crippen LogP contribution < -0.4 is 14.2 Å². The maximum absolute atomic E-state index is 5.83. The number of epoxide rings is 3. The Morgan fingerprint density at radius 1 is 0.514 bits per heavy atom. The average molecular weight is 477 g/mol. The summed E-state index contributed by atoms with van der Waals surface area (Å²) in [5.74, 6) is 2.64. The molecule has 6 heteroatoms. The van der Waals surface area contributed by atoms with Crippen molar-refractivity contribution in [1.29, 1.82) is 0 Å². The Hall–Kier alpha value is -3.06. The number of hydrogen-bond donors (Lipinski definition) is 0. The molecule has 6 nitrogen and oxygen atoms in total. The van der Waals surface area contributed by atoms with Gasteiger partial charge in [0, 0.05) is 5.92 Å². The summed E-state index contributed by atoms with van der Waals surface area (Å²) in [5, 5.41) is 0. The third kappa shape index (κ3) is 6.54. The molecule has 0 spiro atoms. The summed E-state index contributed by atoms with van der Waals surface area (Å²) in [6.45, 7) is 4.18. The van der Waals surface area contributed by atoms with Crippen LogP contribution in [0.2, 0.25) is 0 Å². The molecule has 0 saturated carbocycles. The van der Waals surface area contributed by atoms with Crippen LogP contribution >= 0.6 is 0 Å². The highest BCUT2D eigenvalue weighted by atomic mass is 16.6. The lowest BCUT2D eigenvalue weighted by Gasteiger charge is -2.20. The first-order valence-electron chi connectivity index (χ1n) is 11.8. The first-order chi connectivity index (χ1) is 16.8. The molecule has 3 atom stereocenters. The standard InChI is InChI=1S/C28H28O6.CH4/c1-7-22(29-13-25-16-32-25)8-2-19(1)28(20-3-9-23(10-4-20)30-14-26-17-33-26)21-5-11-24(12-6-21)31-15-27-18-34-27;/h1-12,25-28H,13-18H2;1H4. The summed E-state index contributed by atoms with van der Waals surface area (Å²) in [6, 6.07) is 25.0. The number of hydrogen-bond acceptors (Lipinski definition) is 6. The number of benzene rings is 3. The minimum atomic E-state index is 0. The van der Waals surface area contributed by atoms with Gasteiger partial charge in [-0.3, -0.25) is 0 Å². The molecule has 3 saturated heterocycles. The van der Waals surface area contributed by atoms with Crippen molar-refractivity contribution in [3.63, 3.8) is 0 Å². The highest BCUT2D eigenvalue weighted by molar-refractivity contribution is 5.46. The first kappa shape index (κ1) is 23.7. The van der Waals surface area contributed by atoms with Crippen molar-refractivity contribution in [2.24, 2.45) is 0 Å². The lowest BCUT2D eigenvalue weighted by Crippen LogP contribution is -2.07. The number of rotatable bonds is 12. The zero-order valence-corrected chi connectivity index (χ0v) is 18.9. The van der Waals surface area contributed by atoms with Gasteiger partial charge in [-0.2, -0.15) is 0 Å². The largest absolute Gasteiger partial charge is 0.491 e. The minimum Gasteiger partial charge on any atom is -0.491 e. The fourth-order valence-electron chi connectivity index (χ4n) is 3.91. The van der Waals surface area contributed by atoms with Gasteiger partial charge in [0.25, 0.3) is 0 Å². The summed E-state index contributed by atoms with van der Waals surface area (Å²) in [6.07, 6.45) is 0.727. The quantitative estimate of drug-likeness (QED) is 0.275. The first-order valence-corrected chi connectivity index (χ1v) is 11.8. The van der Waals surface area contributed by atoms with E-state index in [2.05, 4.69) is 36.4 Å². The lowest BCUT2D eigenvalue weighted by molar-refractivity contribution is 0.263. The normalized spacial score (nSPS) is 22.5. The van der Waals surface area contributed by atoms with Gasteiger partial charge in [0.15, 0.2) is 0 Å². The SMILES string of the molecule is C.c1cc(C(c2ccc(OCC3CO3)cc2)c2ccc(OCC3CO3)cc2)ccc1OCC1CO1. The highest BCUT2D eigenvalue weighted by Gasteiger charge is 2.25. The van der Waals surface area contributed by atoms with E-state index >= 15 is 0 Å². The van der Waals surface area contributed by atoms with E-state index < -0.39 is 0 Å².